The van der Waals surface area contributed by atoms with E-state index in [9.17, 15) is 5.11 Å². The third kappa shape index (κ3) is 3.41. The molecule has 24 heavy (non-hydrogen) atoms. The highest BCUT2D eigenvalue weighted by Gasteiger charge is 2.30. The van der Waals surface area contributed by atoms with Gasteiger partial charge in [0, 0.05) is 6.61 Å². The number of aliphatic hydroxyl groups is 1. The zero-order chi connectivity index (χ0) is 16.9. The normalized spacial score (nSPS) is 19.6. The molecule has 0 aromatic heterocycles. The molecule has 1 unspecified atom stereocenters. The highest BCUT2D eigenvalue weighted by molar-refractivity contribution is 5.43. The lowest BCUT2D eigenvalue weighted by Crippen LogP contribution is -2.20. The molecule has 0 heterocycles. The molecule has 2 aromatic rings. The summed E-state index contributed by atoms with van der Waals surface area (Å²) in [6, 6.07) is 14.9. The number of methoxy groups -OCH3 is 2. The van der Waals surface area contributed by atoms with Gasteiger partial charge in [0.05, 0.1) is 14.2 Å². The van der Waals surface area contributed by atoms with E-state index in [0.29, 0.717) is 11.8 Å². The lowest BCUT2D eigenvalue weighted by molar-refractivity contribution is 0.273. The smallest absolute Gasteiger partial charge is 0.119 e. The molecule has 0 spiro atoms. The van der Waals surface area contributed by atoms with E-state index in [0.717, 1.165) is 37.2 Å². The van der Waals surface area contributed by atoms with Crippen LogP contribution in [0.3, 0.4) is 0 Å². The van der Waals surface area contributed by atoms with E-state index in [4.69, 9.17) is 9.47 Å². The Morgan fingerprint density at radius 3 is 2.38 bits per heavy atom. The highest BCUT2D eigenvalue weighted by atomic mass is 16.5. The maximum absolute atomic E-state index is 9.32. The van der Waals surface area contributed by atoms with Gasteiger partial charge in [-0.05, 0) is 78.5 Å². The van der Waals surface area contributed by atoms with Crippen molar-refractivity contribution in [1.82, 2.24) is 0 Å². The summed E-state index contributed by atoms with van der Waals surface area (Å²) in [5, 5.41) is 9.32. The van der Waals surface area contributed by atoms with Crippen LogP contribution in [0, 0.1) is 0 Å². The van der Waals surface area contributed by atoms with Gasteiger partial charge < -0.3 is 14.6 Å². The zero-order valence-electron chi connectivity index (χ0n) is 14.5. The zero-order valence-corrected chi connectivity index (χ0v) is 14.5. The lowest BCUT2D eigenvalue weighted by atomic mass is 9.70. The van der Waals surface area contributed by atoms with E-state index in [1.54, 1.807) is 14.2 Å². The number of benzene rings is 2. The summed E-state index contributed by atoms with van der Waals surface area (Å²) in [6.45, 7) is 0.247. The summed E-state index contributed by atoms with van der Waals surface area (Å²) in [5.41, 5.74) is 4.17. The number of hydrogen-bond donors (Lipinski definition) is 1. The first-order valence-electron chi connectivity index (χ1n) is 8.68. The number of aryl methyl sites for hydroxylation is 1. The van der Waals surface area contributed by atoms with Crippen molar-refractivity contribution in [3.8, 4) is 11.5 Å². The molecule has 128 valence electrons. The average molecular weight is 326 g/mol. The van der Waals surface area contributed by atoms with Crippen LogP contribution in [-0.2, 0) is 6.42 Å². The third-order valence-corrected chi connectivity index (χ3v) is 5.18. The van der Waals surface area contributed by atoms with E-state index < -0.39 is 0 Å². The number of hydrogen-bond acceptors (Lipinski definition) is 3. The average Bonchev–Trinajstić information content (AvgIpc) is 2.65. The number of ether oxygens (including phenoxy) is 2. The molecular formula is C21H26O3. The van der Waals surface area contributed by atoms with Crippen molar-refractivity contribution in [2.24, 2.45) is 0 Å². The van der Waals surface area contributed by atoms with Gasteiger partial charge in [0.1, 0.15) is 11.5 Å². The van der Waals surface area contributed by atoms with Crippen LogP contribution in [0.1, 0.15) is 47.8 Å². The minimum Gasteiger partial charge on any atom is -0.497 e. The van der Waals surface area contributed by atoms with E-state index >= 15 is 0 Å². The summed E-state index contributed by atoms with van der Waals surface area (Å²) in [4.78, 5) is 0. The molecule has 3 rings (SSSR count). The van der Waals surface area contributed by atoms with Crippen LogP contribution in [0.4, 0.5) is 0 Å². The summed E-state index contributed by atoms with van der Waals surface area (Å²) in [5.74, 6) is 2.76. The molecule has 3 heteroatoms. The van der Waals surface area contributed by atoms with Gasteiger partial charge >= 0.3 is 0 Å². The standard InChI is InChI=1S/C21H26O3/c1-23-17-8-5-15(6-9-17)19-11-7-16-14-18(24-2)10-12-20(16)21(19)4-3-13-22/h5-6,8-10,12,14,19,21-22H,3-4,7,11,13H2,1-2H3/t19-,21?/m0/s1. The Kier molecular flexibility index (Phi) is 5.41. The molecule has 1 N–H and O–H groups in total. The first-order chi connectivity index (χ1) is 11.8. The third-order valence-electron chi connectivity index (χ3n) is 5.18. The van der Waals surface area contributed by atoms with Crippen molar-refractivity contribution in [2.45, 2.75) is 37.5 Å². The van der Waals surface area contributed by atoms with E-state index in [1.807, 2.05) is 12.1 Å². The molecule has 2 aromatic carbocycles. The molecule has 0 amide bonds. The summed E-state index contributed by atoms with van der Waals surface area (Å²) >= 11 is 0. The van der Waals surface area contributed by atoms with Gasteiger partial charge in [-0.1, -0.05) is 18.2 Å². The van der Waals surface area contributed by atoms with Gasteiger partial charge in [-0.15, -0.1) is 0 Å². The maximum atomic E-state index is 9.32. The van der Waals surface area contributed by atoms with Crippen molar-refractivity contribution in [3.05, 3.63) is 59.2 Å². The summed E-state index contributed by atoms with van der Waals surface area (Å²) in [6.07, 6.45) is 4.04. The fourth-order valence-electron chi connectivity index (χ4n) is 3.93. The molecule has 0 saturated carbocycles. The predicted octanol–water partition coefficient (Wildman–Crippen LogP) is 4.29. The highest BCUT2D eigenvalue weighted by Crippen LogP contribution is 2.45. The fourth-order valence-corrected chi connectivity index (χ4v) is 3.93. The minimum absolute atomic E-state index is 0.247. The molecule has 0 fully saturated rings. The van der Waals surface area contributed by atoms with Crippen LogP contribution in [-0.4, -0.2) is 25.9 Å². The second-order valence-electron chi connectivity index (χ2n) is 6.46. The Hall–Kier alpha value is -2.00. The Labute approximate surface area is 144 Å². The van der Waals surface area contributed by atoms with Crippen LogP contribution < -0.4 is 9.47 Å². The monoisotopic (exact) mass is 326 g/mol. The van der Waals surface area contributed by atoms with E-state index in [2.05, 4.69) is 30.3 Å². The minimum atomic E-state index is 0.247. The van der Waals surface area contributed by atoms with E-state index in [-0.39, 0.29) is 6.61 Å². The lowest BCUT2D eigenvalue weighted by Gasteiger charge is -2.34. The van der Waals surface area contributed by atoms with Gasteiger partial charge in [-0.2, -0.15) is 0 Å². The van der Waals surface area contributed by atoms with Crippen molar-refractivity contribution in [3.63, 3.8) is 0 Å². The van der Waals surface area contributed by atoms with Crippen LogP contribution in [0.15, 0.2) is 42.5 Å². The number of rotatable bonds is 6. The summed E-state index contributed by atoms with van der Waals surface area (Å²) < 4.78 is 10.7. The van der Waals surface area contributed by atoms with Crippen molar-refractivity contribution in [2.75, 3.05) is 20.8 Å². The quantitative estimate of drug-likeness (QED) is 0.860. The fraction of sp³-hybridized carbons (Fsp3) is 0.429. The van der Waals surface area contributed by atoms with Gasteiger partial charge in [0.25, 0.3) is 0 Å². The van der Waals surface area contributed by atoms with Crippen LogP contribution in [0.25, 0.3) is 0 Å². The van der Waals surface area contributed by atoms with Gasteiger partial charge in [0.2, 0.25) is 0 Å². The molecule has 0 saturated heterocycles. The topological polar surface area (TPSA) is 38.7 Å². The van der Waals surface area contributed by atoms with E-state index in [1.165, 1.54) is 16.7 Å². The van der Waals surface area contributed by atoms with Crippen LogP contribution >= 0.6 is 0 Å². The number of fused-ring (bicyclic) bond motifs is 1. The van der Waals surface area contributed by atoms with Gasteiger partial charge in [-0.3, -0.25) is 0 Å². The molecule has 0 aliphatic heterocycles. The Bertz CT molecular complexity index is 663. The Morgan fingerprint density at radius 2 is 1.71 bits per heavy atom. The second-order valence-corrected chi connectivity index (χ2v) is 6.46. The Balaban J connectivity index is 1.93. The molecule has 0 bridgehead atoms. The molecule has 1 aliphatic carbocycles. The van der Waals surface area contributed by atoms with Crippen molar-refractivity contribution >= 4 is 0 Å². The van der Waals surface area contributed by atoms with Crippen LogP contribution in [0.5, 0.6) is 11.5 Å². The molecule has 1 aliphatic rings. The largest absolute Gasteiger partial charge is 0.497 e. The molecular weight excluding hydrogens is 300 g/mol. The first-order valence-corrected chi connectivity index (χ1v) is 8.68. The van der Waals surface area contributed by atoms with Gasteiger partial charge in [-0.25, -0.2) is 0 Å². The number of aliphatic hydroxyl groups excluding tert-OH is 1. The van der Waals surface area contributed by atoms with Crippen LogP contribution in [0.2, 0.25) is 0 Å². The SMILES string of the molecule is COc1ccc([C@@H]2CCc3cc(OC)ccc3C2CCCO)cc1. The maximum Gasteiger partial charge on any atom is 0.119 e. The second kappa shape index (κ2) is 7.71. The van der Waals surface area contributed by atoms with Crippen molar-refractivity contribution < 1.29 is 14.6 Å². The first kappa shape index (κ1) is 16.8. The molecule has 3 nitrogen and oxygen atoms in total. The predicted molar refractivity (Wildman–Crippen MR) is 96.1 cm³/mol. The van der Waals surface area contributed by atoms with Crippen molar-refractivity contribution in [1.29, 1.82) is 0 Å². The summed E-state index contributed by atoms with van der Waals surface area (Å²) in [7, 11) is 3.41. The molecule has 0 radical (unpaired) electrons. The van der Waals surface area contributed by atoms with Gasteiger partial charge in [0.15, 0.2) is 0 Å². The Morgan fingerprint density at radius 1 is 1.00 bits per heavy atom. The molecule has 2 atom stereocenters.